The lowest BCUT2D eigenvalue weighted by atomic mass is 10.1. The van der Waals surface area contributed by atoms with Crippen molar-refractivity contribution in [1.82, 2.24) is 5.32 Å². The fraction of sp³-hybridized carbons (Fsp3) is 0.625. The van der Waals surface area contributed by atoms with E-state index in [4.69, 9.17) is 21.4 Å². The minimum absolute atomic E-state index is 0.273. The molecule has 0 bridgehead atoms. The number of nitrogens with one attached hydrogen (secondary N) is 1. The Morgan fingerprint density at radius 3 is 2.81 bits per heavy atom. The SMILES string of the molecule is COCCNCc1ccc(Cl)cc1N(C)CCCCCO. The zero-order valence-corrected chi connectivity index (χ0v) is 13.8. The number of hydrogen-bond donors (Lipinski definition) is 2. The quantitative estimate of drug-likeness (QED) is 0.616. The summed E-state index contributed by atoms with van der Waals surface area (Å²) in [5, 5.41) is 12.9. The molecule has 0 heterocycles. The number of hydrogen-bond acceptors (Lipinski definition) is 4. The first-order valence-corrected chi connectivity index (χ1v) is 7.87. The van der Waals surface area contributed by atoms with Gasteiger partial charge >= 0.3 is 0 Å². The highest BCUT2D eigenvalue weighted by molar-refractivity contribution is 6.30. The Morgan fingerprint density at radius 2 is 2.10 bits per heavy atom. The molecule has 0 aliphatic heterocycles. The Hall–Kier alpha value is -0.810. The topological polar surface area (TPSA) is 44.7 Å². The van der Waals surface area contributed by atoms with Crippen LogP contribution >= 0.6 is 11.6 Å². The van der Waals surface area contributed by atoms with Crippen LogP contribution in [0.2, 0.25) is 5.02 Å². The highest BCUT2D eigenvalue weighted by Gasteiger charge is 2.08. The maximum Gasteiger partial charge on any atom is 0.0587 e. The van der Waals surface area contributed by atoms with Crippen molar-refractivity contribution in [3.8, 4) is 0 Å². The fourth-order valence-corrected chi connectivity index (χ4v) is 2.36. The zero-order valence-electron chi connectivity index (χ0n) is 13.1. The molecule has 0 unspecified atom stereocenters. The number of methoxy groups -OCH3 is 1. The molecule has 2 N–H and O–H groups in total. The third-order valence-electron chi connectivity index (χ3n) is 3.41. The third-order valence-corrected chi connectivity index (χ3v) is 3.64. The maximum atomic E-state index is 8.82. The van der Waals surface area contributed by atoms with Gasteiger partial charge in [-0.2, -0.15) is 0 Å². The van der Waals surface area contributed by atoms with Gasteiger partial charge < -0.3 is 20.1 Å². The van der Waals surface area contributed by atoms with Gasteiger partial charge in [-0.1, -0.05) is 17.7 Å². The summed E-state index contributed by atoms with van der Waals surface area (Å²) in [6, 6.07) is 6.01. The van der Waals surface area contributed by atoms with Crippen molar-refractivity contribution in [2.24, 2.45) is 0 Å². The molecule has 5 heteroatoms. The van der Waals surface area contributed by atoms with Gasteiger partial charge in [0.2, 0.25) is 0 Å². The molecule has 0 saturated heterocycles. The summed E-state index contributed by atoms with van der Waals surface area (Å²) < 4.78 is 5.04. The van der Waals surface area contributed by atoms with Gasteiger partial charge in [0, 0.05) is 51.1 Å². The van der Waals surface area contributed by atoms with E-state index in [0.29, 0.717) is 6.61 Å². The number of halogens is 1. The molecule has 1 aromatic carbocycles. The normalized spacial score (nSPS) is 10.9. The molecule has 1 aromatic rings. The van der Waals surface area contributed by atoms with Crippen molar-refractivity contribution in [2.75, 3.05) is 45.4 Å². The maximum absolute atomic E-state index is 8.82. The summed E-state index contributed by atoms with van der Waals surface area (Å²) in [5.74, 6) is 0. The average molecular weight is 315 g/mol. The molecule has 0 fully saturated rings. The first-order chi connectivity index (χ1) is 10.2. The van der Waals surface area contributed by atoms with Crippen LogP contribution in [0.4, 0.5) is 5.69 Å². The predicted octanol–water partition coefficient (Wildman–Crippen LogP) is 2.67. The van der Waals surface area contributed by atoms with Crippen LogP contribution in [0.1, 0.15) is 24.8 Å². The summed E-state index contributed by atoms with van der Waals surface area (Å²) in [6.07, 6.45) is 2.98. The molecule has 120 valence electrons. The molecule has 21 heavy (non-hydrogen) atoms. The third kappa shape index (κ3) is 7.14. The molecule has 0 aromatic heterocycles. The van der Waals surface area contributed by atoms with Gasteiger partial charge in [-0.3, -0.25) is 0 Å². The van der Waals surface area contributed by atoms with Gasteiger partial charge in [0.1, 0.15) is 0 Å². The molecular weight excluding hydrogens is 288 g/mol. The number of nitrogens with zero attached hydrogens (tertiary/aromatic N) is 1. The molecule has 0 atom stereocenters. The smallest absolute Gasteiger partial charge is 0.0587 e. The average Bonchev–Trinajstić information content (AvgIpc) is 2.49. The number of ether oxygens (including phenoxy) is 1. The van der Waals surface area contributed by atoms with E-state index in [9.17, 15) is 0 Å². The summed E-state index contributed by atoms with van der Waals surface area (Å²) >= 11 is 6.13. The molecule has 4 nitrogen and oxygen atoms in total. The molecule has 0 amide bonds. The van der Waals surface area contributed by atoms with Crippen LogP contribution in [0, 0.1) is 0 Å². The van der Waals surface area contributed by atoms with E-state index in [1.807, 2.05) is 12.1 Å². The highest BCUT2D eigenvalue weighted by atomic mass is 35.5. The number of anilines is 1. The fourth-order valence-electron chi connectivity index (χ4n) is 2.20. The van der Waals surface area contributed by atoms with Gasteiger partial charge in [0.15, 0.2) is 0 Å². The van der Waals surface area contributed by atoms with Gasteiger partial charge in [-0.05, 0) is 37.0 Å². The summed E-state index contributed by atoms with van der Waals surface area (Å²) in [6.45, 7) is 3.58. The van der Waals surface area contributed by atoms with Crippen LogP contribution < -0.4 is 10.2 Å². The van der Waals surface area contributed by atoms with E-state index in [-0.39, 0.29) is 6.61 Å². The molecule has 0 aliphatic carbocycles. The minimum atomic E-state index is 0.273. The standard InChI is InChI=1S/C16H27ClN2O2/c1-19(9-4-3-5-10-20)16-12-15(17)7-6-14(16)13-18-8-11-21-2/h6-7,12,18,20H,3-5,8-11,13H2,1-2H3. The second kappa shape index (κ2) is 10.9. The van der Waals surface area contributed by atoms with E-state index in [0.717, 1.165) is 49.6 Å². The van der Waals surface area contributed by atoms with E-state index < -0.39 is 0 Å². The van der Waals surface area contributed by atoms with Crippen LogP contribution in [0.25, 0.3) is 0 Å². The second-order valence-electron chi connectivity index (χ2n) is 5.15. The Bertz CT molecular complexity index is 402. The lowest BCUT2D eigenvalue weighted by Crippen LogP contribution is -2.23. The molecule has 1 rings (SSSR count). The van der Waals surface area contributed by atoms with Gasteiger partial charge in [0.25, 0.3) is 0 Å². The summed E-state index contributed by atoms with van der Waals surface area (Å²) in [7, 11) is 3.79. The number of aliphatic hydroxyl groups is 1. The molecule has 0 saturated carbocycles. The van der Waals surface area contributed by atoms with E-state index in [2.05, 4.69) is 23.3 Å². The van der Waals surface area contributed by atoms with Crippen molar-refractivity contribution >= 4 is 17.3 Å². The Labute approximate surface area is 133 Å². The van der Waals surface area contributed by atoms with Crippen LogP contribution in [0.3, 0.4) is 0 Å². The minimum Gasteiger partial charge on any atom is -0.396 e. The largest absolute Gasteiger partial charge is 0.396 e. The van der Waals surface area contributed by atoms with Crippen molar-refractivity contribution in [3.63, 3.8) is 0 Å². The van der Waals surface area contributed by atoms with Crippen LogP contribution in [-0.2, 0) is 11.3 Å². The van der Waals surface area contributed by atoms with E-state index in [1.54, 1.807) is 7.11 Å². The number of rotatable bonds is 11. The Morgan fingerprint density at radius 1 is 1.29 bits per heavy atom. The van der Waals surface area contributed by atoms with Crippen molar-refractivity contribution < 1.29 is 9.84 Å². The van der Waals surface area contributed by atoms with Gasteiger partial charge in [-0.15, -0.1) is 0 Å². The van der Waals surface area contributed by atoms with Crippen molar-refractivity contribution in [3.05, 3.63) is 28.8 Å². The summed E-state index contributed by atoms with van der Waals surface area (Å²) in [4.78, 5) is 2.23. The molecule has 0 spiro atoms. The second-order valence-corrected chi connectivity index (χ2v) is 5.58. The zero-order chi connectivity index (χ0) is 15.5. The lowest BCUT2D eigenvalue weighted by molar-refractivity contribution is 0.199. The van der Waals surface area contributed by atoms with Crippen LogP contribution in [0.5, 0.6) is 0 Å². The highest BCUT2D eigenvalue weighted by Crippen LogP contribution is 2.24. The Balaban J connectivity index is 2.58. The van der Waals surface area contributed by atoms with Gasteiger partial charge in [-0.25, -0.2) is 0 Å². The first-order valence-electron chi connectivity index (χ1n) is 7.49. The Kier molecular flexibility index (Phi) is 9.42. The van der Waals surface area contributed by atoms with E-state index >= 15 is 0 Å². The van der Waals surface area contributed by atoms with Gasteiger partial charge in [0.05, 0.1) is 6.61 Å². The van der Waals surface area contributed by atoms with E-state index in [1.165, 1.54) is 5.56 Å². The number of benzene rings is 1. The van der Waals surface area contributed by atoms with Crippen molar-refractivity contribution in [1.29, 1.82) is 0 Å². The van der Waals surface area contributed by atoms with Crippen LogP contribution in [0.15, 0.2) is 18.2 Å². The molecule has 0 radical (unpaired) electrons. The number of aliphatic hydroxyl groups excluding tert-OH is 1. The summed E-state index contributed by atoms with van der Waals surface area (Å²) in [5.41, 5.74) is 2.40. The molecular formula is C16H27ClN2O2. The lowest BCUT2D eigenvalue weighted by Gasteiger charge is -2.23. The van der Waals surface area contributed by atoms with Crippen LogP contribution in [-0.4, -0.2) is 45.6 Å². The predicted molar refractivity (Wildman–Crippen MR) is 89.2 cm³/mol. The first kappa shape index (κ1) is 18.2. The van der Waals surface area contributed by atoms with Crippen molar-refractivity contribution in [2.45, 2.75) is 25.8 Å². The monoisotopic (exact) mass is 314 g/mol. The number of unbranched alkanes of at least 4 members (excludes halogenated alkanes) is 2. The molecule has 0 aliphatic rings.